The summed E-state index contributed by atoms with van der Waals surface area (Å²) < 4.78 is 39.0. The molecule has 2 aliphatic rings. The molecule has 5 rings (SSSR count). The predicted molar refractivity (Wildman–Crippen MR) is 117 cm³/mol. The van der Waals surface area contributed by atoms with E-state index in [1.165, 1.54) is 4.90 Å². The Kier molecular flexibility index (Phi) is 5.38. The zero-order chi connectivity index (χ0) is 22.3. The van der Waals surface area contributed by atoms with Crippen molar-refractivity contribution in [3.8, 4) is 22.3 Å². The van der Waals surface area contributed by atoms with Crippen LogP contribution in [0.1, 0.15) is 35.6 Å². The normalized spacial score (nSPS) is 19.3. The Balaban J connectivity index is 1.56. The van der Waals surface area contributed by atoms with Crippen molar-refractivity contribution in [1.29, 1.82) is 0 Å². The molecule has 0 aliphatic carbocycles. The number of nitrogens with two attached hydrogens (primary N) is 1. The number of H-pyrrole nitrogens is 1. The number of pyridine rings is 1. The van der Waals surface area contributed by atoms with Crippen LogP contribution in [0, 0.1) is 0 Å². The summed E-state index contributed by atoms with van der Waals surface area (Å²) in [6, 6.07) is 6.38. The summed E-state index contributed by atoms with van der Waals surface area (Å²) in [5.74, 6) is 0.425. The van der Waals surface area contributed by atoms with E-state index in [0.29, 0.717) is 25.3 Å². The van der Waals surface area contributed by atoms with Gasteiger partial charge in [-0.2, -0.15) is 18.3 Å². The monoisotopic (exact) mass is 442 g/mol. The second-order valence-corrected chi connectivity index (χ2v) is 8.57. The van der Waals surface area contributed by atoms with Crippen LogP contribution in [-0.2, 0) is 13.0 Å². The van der Waals surface area contributed by atoms with Crippen molar-refractivity contribution in [3.05, 3.63) is 53.5 Å². The summed E-state index contributed by atoms with van der Waals surface area (Å²) in [5, 5.41) is 10.3. The number of nitrogens with one attached hydrogen (secondary N) is 2. The van der Waals surface area contributed by atoms with E-state index in [1.807, 2.05) is 6.07 Å². The molecule has 2 aliphatic heterocycles. The quantitative estimate of drug-likeness (QED) is 0.568. The molecule has 4 heterocycles. The van der Waals surface area contributed by atoms with E-state index in [2.05, 4.69) is 32.6 Å². The summed E-state index contributed by atoms with van der Waals surface area (Å²) in [4.78, 5) is 5.89. The Bertz CT molecular complexity index is 1100. The molecule has 1 unspecified atom stereocenters. The van der Waals surface area contributed by atoms with Crippen LogP contribution in [0.3, 0.4) is 0 Å². The number of benzene rings is 1. The first-order valence-corrected chi connectivity index (χ1v) is 10.8. The van der Waals surface area contributed by atoms with Gasteiger partial charge in [-0.15, -0.1) is 0 Å². The van der Waals surface area contributed by atoms with E-state index in [9.17, 15) is 13.2 Å². The molecule has 0 bridgehead atoms. The number of fused-ring (bicyclic) bond motifs is 1. The van der Waals surface area contributed by atoms with Gasteiger partial charge >= 0.3 is 6.18 Å². The van der Waals surface area contributed by atoms with Gasteiger partial charge in [-0.1, -0.05) is 6.07 Å². The third-order valence-electron chi connectivity index (χ3n) is 6.36. The minimum absolute atomic E-state index is 0.157. The smallest absolute Gasteiger partial charge is 0.383 e. The van der Waals surface area contributed by atoms with Gasteiger partial charge in [0, 0.05) is 48.2 Å². The number of anilines is 1. The van der Waals surface area contributed by atoms with Crippen molar-refractivity contribution in [3.63, 3.8) is 0 Å². The van der Waals surface area contributed by atoms with Crippen LogP contribution in [-0.4, -0.2) is 45.9 Å². The van der Waals surface area contributed by atoms with Gasteiger partial charge in [0.25, 0.3) is 0 Å². The SMILES string of the molecule is Nc1ncc(-c2cc3c(c(C4CCCN4)c2)CN(CC(F)(F)F)CC3)cc1-c1cn[nH]c1. The number of hydrogen-bond donors (Lipinski definition) is 3. The van der Waals surface area contributed by atoms with Gasteiger partial charge in [0.05, 0.1) is 12.7 Å². The number of hydrogen-bond acceptors (Lipinski definition) is 5. The van der Waals surface area contributed by atoms with E-state index in [-0.39, 0.29) is 6.04 Å². The number of nitrogen functional groups attached to an aromatic ring is 1. The predicted octanol–water partition coefficient (Wildman–Crippen LogP) is 4.07. The molecule has 4 N–H and O–H groups in total. The molecular weight excluding hydrogens is 417 g/mol. The second-order valence-electron chi connectivity index (χ2n) is 8.57. The fourth-order valence-corrected chi connectivity index (χ4v) is 4.83. The van der Waals surface area contributed by atoms with E-state index >= 15 is 0 Å². The molecule has 2 aromatic heterocycles. The number of aromatic nitrogens is 3. The molecule has 0 saturated carbocycles. The number of rotatable bonds is 4. The molecule has 6 nitrogen and oxygen atoms in total. The fourth-order valence-electron chi connectivity index (χ4n) is 4.83. The molecule has 0 radical (unpaired) electrons. The number of aromatic amines is 1. The molecule has 1 aromatic carbocycles. The van der Waals surface area contributed by atoms with Crippen molar-refractivity contribution in [1.82, 2.24) is 25.4 Å². The highest BCUT2D eigenvalue weighted by Crippen LogP contribution is 2.37. The molecule has 9 heteroatoms. The average Bonchev–Trinajstić information content (AvgIpc) is 3.47. The van der Waals surface area contributed by atoms with Crippen LogP contribution in [0.25, 0.3) is 22.3 Å². The first-order chi connectivity index (χ1) is 15.4. The summed E-state index contributed by atoms with van der Waals surface area (Å²) in [7, 11) is 0. The first kappa shape index (κ1) is 21.0. The molecule has 1 atom stereocenters. The number of nitrogens with zero attached hydrogens (tertiary/aromatic N) is 3. The van der Waals surface area contributed by atoms with Crippen molar-refractivity contribution >= 4 is 5.82 Å². The van der Waals surface area contributed by atoms with E-state index in [1.54, 1.807) is 18.6 Å². The van der Waals surface area contributed by atoms with Gasteiger partial charge < -0.3 is 11.1 Å². The average molecular weight is 442 g/mol. The maximum atomic E-state index is 13.0. The Labute approximate surface area is 184 Å². The fraction of sp³-hybridized carbons (Fsp3) is 0.391. The summed E-state index contributed by atoms with van der Waals surface area (Å²) in [5.41, 5.74) is 12.9. The number of halogens is 3. The van der Waals surface area contributed by atoms with E-state index in [0.717, 1.165) is 58.3 Å². The highest BCUT2D eigenvalue weighted by Gasteiger charge is 2.33. The second kappa shape index (κ2) is 8.22. The summed E-state index contributed by atoms with van der Waals surface area (Å²) >= 11 is 0. The standard InChI is InChI=1S/C23H25F3N6/c24-23(25,26)13-32-5-3-14-6-15(7-19(20(14)12-32)21-2-1-4-28-21)16-8-18(22(27)29-9-16)17-10-30-31-11-17/h6-11,21,28H,1-5,12-13H2,(H2,27,29)(H,30,31). The Morgan fingerprint density at radius 1 is 1.12 bits per heavy atom. The topological polar surface area (TPSA) is 82.9 Å². The van der Waals surface area contributed by atoms with E-state index in [4.69, 9.17) is 5.73 Å². The first-order valence-electron chi connectivity index (χ1n) is 10.8. The molecule has 1 fully saturated rings. The third-order valence-corrected chi connectivity index (χ3v) is 6.36. The molecule has 168 valence electrons. The summed E-state index contributed by atoms with van der Waals surface area (Å²) in [6.45, 7) is 0.766. The van der Waals surface area contributed by atoms with Crippen molar-refractivity contribution < 1.29 is 13.2 Å². The molecule has 3 aromatic rings. The zero-order valence-electron chi connectivity index (χ0n) is 17.5. The van der Waals surface area contributed by atoms with Crippen LogP contribution >= 0.6 is 0 Å². The van der Waals surface area contributed by atoms with Gasteiger partial charge in [0.2, 0.25) is 0 Å². The van der Waals surface area contributed by atoms with Crippen LogP contribution in [0.5, 0.6) is 0 Å². The molecule has 0 amide bonds. The Morgan fingerprint density at radius 2 is 2.00 bits per heavy atom. The highest BCUT2D eigenvalue weighted by atomic mass is 19.4. The molecule has 32 heavy (non-hydrogen) atoms. The van der Waals surface area contributed by atoms with Crippen molar-refractivity contribution in [2.24, 2.45) is 0 Å². The lowest BCUT2D eigenvalue weighted by atomic mass is 9.87. The number of alkyl halides is 3. The molecule has 1 saturated heterocycles. The van der Waals surface area contributed by atoms with Crippen LogP contribution in [0.15, 0.2) is 36.8 Å². The highest BCUT2D eigenvalue weighted by molar-refractivity contribution is 5.79. The largest absolute Gasteiger partial charge is 0.401 e. The molecule has 0 spiro atoms. The van der Waals surface area contributed by atoms with Gasteiger partial charge in [-0.3, -0.25) is 10.00 Å². The third kappa shape index (κ3) is 4.22. The van der Waals surface area contributed by atoms with Crippen molar-refractivity contribution in [2.75, 3.05) is 25.4 Å². The summed E-state index contributed by atoms with van der Waals surface area (Å²) in [6.07, 6.45) is 3.67. The lowest BCUT2D eigenvalue weighted by molar-refractivity contribution is -0.147. The van der Waals surface area contributed by atoms with Crippen LogP contribution < -0.4 is 11.1 Å². The van der Waals surface area contributed by atoms with Gasteiger partial charge in [-0.25, -0.2) is 4.98 Å². The van der Waals surface area contributed by atoms with Gasteiger partial charge in [-0.05, 0) is 60.2 Å². The van der Waals surface area contributed by atoms with Gasteiger partial charge in [0.1, 0.15) is 5.82 Å². The van der Waals surface area contributed by atoms with E-state index < -0.39 is 12.7 Å². The van der Waals surface area contributed by atoms with Crippen molar-refractivity contribution in [2.45, 2.75) is 38.0 Å². The maximum Gasteiger partial charge on any atom is 0.401 e. The van der Waals surface area contributed by atoms with Crippen LogP contribution in [0.4, 0.5) is 19.0 Å². The molecular formula is C23H25F3N6. The Morgan fingerprint density at radius 3 is 2.72 bits per heavy atom. The zero-order valence-corrected chi connectivity index (χ0v) is 17.5. The maximum absolute atomic E-state index is 13.0. The lowest BCUT2D eigenvalue weighted by Crippen LogP contribution is -2.38. The minimum Gasteiger partial charge on any atom is -0.383 e. The van der Waals surface area contributed by atoms with Crippen LogP contribution in [0.2, 0.25) is 0 Å². The van der Waals surface area contributed by atoms with Gasteiger partial charge in [0.15, 0.2) is 0 Å². The lowest BCUT2D eigenvalue weighted by Gasteiger charge is -2.32. The Hall–Kier alpha value is -2.91. The minimum atomic E-state index is -4.19.